The van der Waals surface area contributed by atoms with Crippen molar-refractivity contribution < 1.29 is 18.7 Å². The summed E-state index contributed by atoms with van der Waals surface area (Å²) >= 11 is 0. The second kappa shape index (κ2) is 7.82. The van der Waals surface area contributed by atoms with Gasteiger partial charge < -0.3 is 14.1 Å². The molecular formula is C20H19N3O4. The summed E-state index contributed by atoms with van der Waals surface area (Å²) in [6.07, 6.45) is 4.66. The van der Waals surface area contributed by atoms with E-state index in [1.54, 1.807) is 32.3 Å². The first-order valence-corrected chi connectivity index (χ1v) is 8.30. The number of amides is 1. The maximum Gasteiger partial charge on any atom is 0.341 e. The number of furan rings is 1. The molecule has 7 heteroatoms. The first-order valence-electron chi connectivity index (χ1n) is 8.30. The van der Waals surface area contributed by atoms with E-state index in [1.165, 1.54) is 18.1 Å². The Labute approximate surface area is 156 Å². The molecule has 2 heterocycles. The highest BCUT2D eigenvalue weighted by Gasteiger charge is 2.17. The predicted octanol–water partition coefficient (Wildman–Crippen LogP) is 2.99. The highest BCUT2D eigenvalue weighted by Crippen LogP contribution is 2.17. The van der Waals surface area contributed by atoms with Gasteiger partial charge in [-0.05, 0) is 31.2 Å². The normalized spacial score (nSPS) is 11.1. The number of rotatable bonds is 5. The average Bonchev–Trinajstić information content (AvgIpc) is 3.05. The molecule has 0 saturated heterocycles. The smallest absolute Gasteiger partial charge is 0.341 e. The van der Waals surface area contributed by atoms with Crippen LogP contribution < -0.4 is 0 Å². The Bertz CT molecular complexity index is 1020. The molecule has 0 aliphatic heterocycles. The fourth-order valence-corrected chi connectivity index (χ4v) is 2.58. The topological polar surface area (TPSA) is 85.5 Å². The lowest BCUT2D eigenvalue weighted by atomic mass is 10.2. The summed E-state index contributed by atoms with van der Waals surface area (Å²) < 4.78 is 10.2. The number of nitrogens with zero attached hydrogens (tertiary/aromatic N) is 3. The second-order valence-electron chi connectivity index (χ2n) is 5.99. The summed E-state index contributed by atoms with van der Waals surface area (Å²) in [5.74, 6) is 0.271. The quantitative estimate of drug-likeness (QED) is 0.510. The molecule has 0 unspecified atom stereocenters. The zero-order valence-electron chi connectivity index (χ0n) is 15.3. The lowest BCUT2D eigenvalue weighted by Gasteiger charge is -2.12. The van der Waals surface area contributed by atoms with Gasteiger partial charge in [-0.25, -0.2) is 9.78 Å². The molecule has 0 N–H and O–H groups in total. The van der Waals surface area contributed by atoms with Gasteiger partial charge in [-0.1, -0.05) is 12.1 Å². The van der Waals surface area contributed by atoms with Crippen molar-refractivity contribution >= 4 is 29.0 Å². The van der Waals surface area contributed by atoms with E-state index in [2.05, 4.69) is 9.97 Å². The molecular weight excluding hydrogens is 346 g/mol. The second-order valence-corrected chi connectivity index (χ2v) is 5.99. The van der Waals surface area contributed by atoms with E-state index < -0.39 is 5.97 Å². The number of benzene rings is 1. The maximum atomic E-state index is 12.3. The number of aromatic nitrogens is 2. The summed E-state index contributed by atoms with van der Waals surface area (Å²) in [5.41, 5.74) is 2.52. The molecule has 7 nitrogen and oxygen atoms in total. The van der Waals surface area contributed by atoms with Crippen molar-refractivity contribution in [1.82, 2.24) is 14.9 Å². The Balaban J connectivity index is 1.68. The van der Waals surface area contributed by atoms with E-state index in [9.17, 15) is 9.59 Å². The number of fused-ring (bicyclic) bond motifs is 1. The first kappa shape index (κ1) is 18.3. The van der Waals surface area contributed by atoms with Crippen LogP contribution in [0.3, 0.4) is 0 Å². The van der Waals surface area contributed by atoms with Crippen molar-refractivity contribution in [3.63, 3.8) is 0 Å². The van der Waals surface area contributed by atoms with Crippen LogP contribution in [0.2, 0.25) is 0 Å². The number of para-hydroxylation sites is 2. The van der Waals surface area contributed by atoms with Gasteiger partial charge in [0.25, 0.3) is 0 Å². The minimum absolute atomic E-state index is 0.223. The lowest BCUT2D eigenvalue weighted by molar-refractivity contribution is -0.125. The number of hydrogen-bond donors (Lipinski definition) is 0. The Morgan fingerprint density at radius 2 is 2.00 bits per heavy atom. The number of aryl methyl sites for hydroxylation is 1. The van der Waals surface area contributed by atoms with E-state index in [0.717, 1.165) is 11.0 Å². The third-order valence-electron chi connectivity index (χ3n) is 4.01. The molecule has 0 atom stereocenters. The van der Waals surface area contributed by atoms with E-state index in [0.29, 0.717) is 22.8 Å². The van der Waals surface area contributed by atoms with Gasteiger partial charge in [0.2, 0.25) is 5.91 Å². The zero-order chi connectivity index (χ0) is 19.4. The van der Waals surface area contributed by atoms with E-state index in [1.807, 2.05) is 24.3 Å². The lowest BCUT2D eigenvalue weighted by Crippen LogP contribution is -2.23. The van der Waals surface area contributed by atoms with Crippen LogP contribution in [0, 0.1) is 6.92 Å². The van der Waals surface area contributed by atoms with Crippen molar-refractivity contribution in [2.45, 2.75) is 13.5 Å². The molecule has 0 fully saturated rings. The Morgan fingerprint density at radius 1 is 1.26 bits per heavy atom. The number of methoxy groups -OCH3 is 1. The van der Waals surface area contributed by atoms with Gasteiger partial charge in [0.1, 0.15) is 17.1 Å². The minimum atomic E-state index is -0.466. The minimum Gasteiger partial charge on any atom is -0.465 e. The van der Waals surface area contributed by atoms with Gasteiger partial charge in [-0.15, -0.1) is 0 Å². The van der Waals surface area contributed by atoms with Gasteiger partial charge in [0, 0.05) is 13.1 Å². The summed E-state index contributed by atoms with van der Waals surface area (Å²) in [5, 5.41) is 0. The summed E-state index contributed by atoms with van der Waals surface area (Å²) in [6, 6.07) is 9.11. The number of carbonyl (C=O) groups is 2. The van der Waals surface area contributed by atoms with Crippen molar-refractivity contribution in [3.05, 3.63) is 65.4 Å². The monoisotopic (exact) mass is 365 g/mol. The summed E-state index contributed by atoms with van der Waals surface area (Å²) in [7, 11) is 2.96. The molecule has 1 aromatic carbocycles. The number of esters is 1. The largest absolute Gasteiger partial charge is 0.465 e. The first-order chi connectivity index (χ1) is 13.0. The van der Waals surface area contributed by atoms with E-state index >= 15 is 0 Å². The van der Waals surface area contributed by atoms with Crippen LogP contribution in [0.4, 0.5) is 0 Å². The van der Waals surface area contributed by atoms with Gasteiger partial charge in [-0.2, -0.15) is 0 Å². The van der Waals surface area contributed by atoms with Crippen LogP contribution in [0.15, 0.2) is 47.0 Å². The molecule has 1 amide bonds. The fourth-order valence-electron chi connectivity index (χ4n) is 2.58. The van der Waals surface area contributed by atoms with Crippen LogP contribution in [0.1, 0.15) is 27.6 Å². The molecule has 2 aromatic heterocycles. The average molecular weight is 365 g/mol. The third kappa shape index (κ3) is 4.20. The van der Waals surface area contributed by atoms with Crippen LogP contribution in [-0.4, -0.2) is 40.9 Å². The van der Waals surface area contributed by atoms with Crippen LogP contribution in [0.25, 0.3) is 17.1 Å². The van der Waals surface area contributed by atoms with Gasteiger partial charge in [0.05, 0.1) is 36.6 Å². The van der Waals surface area contributed by atoms with Gasteiger partial charge in [0.15, 0.2) is 0 Å². The van der Waals surface area contributed by atoms with Gasteiger partial charge >= 0.3 is 5.97 Å². The van der Waals surface area contributed by atoms with Crippen LogP contribution in [0.5, 0.6) is 0 Å². The molecule has 0 bridgehead atoms. The fraction of sp³-hybridized carbons (Fsp3) is 0.200. The SMILES string of the molecule is COC(=O)c1cc(CN(C)C(=O)/C=C/c2cnc3ccccc3n2)oc1C. The maximum absolute atomic E-state index is 12.3. The Morgan fingerprint density at radius 3 is 2.74 bits per heavy atom. The number of hydrogen-bond acceptors (Lipinski definition) is 6. The summed E-state index contributed by atoms with van der Waals surface area (Å²) in [6.45, 7) is 1.90. The highest BCUT2D eigenvalue weighted by atomic mass is 16.5. The molecule has 27 heavy (non-hydrogen) atoms. The molecule has 0 aliphatic carbocycles. The van der Waals surface area contributed by atoms with E-state index in [4.69, 9.17) is 9.15 Å². The third-order valence-corrected chi connectivity index (χ3v) is 4.01. The molecule has 3 aromatic rings. The Kier molecular flexibility index (Phi) is 5.30. The van der Waals surface area contributed by atoms with E-state index in [-0.39, 0.29) is 12.5 Å². The zero-order valence-corrected chi connectivity index (χ0v) is 15.3. The molecule has 0 spiro atoms. The van der Waals surface area contributed by atoms with Crippen molar-refractivity contribution in [2.24, 2.45) is 0 Å². The van der Waals surface area contributed by atoms with Crippen molar-refractivity contribution in [1.29, 1.82) is 0 Å². The molecule has 0 aliphatic rings. The Hall–Kier alpha value is -3.48. The van der Waals surface area contributed by atoms with Crippen LogP contribution >= 0.6 is 0 Å². The van der Waals surface area contributed by atoms with Crippen molar-refractivity contribution in [3.8, 4) is 0 Å². The summed E-state index contributed by atoms with van der Waals surface area (Å²) in [4.78, 5) is 34.2. The number of carbonyl (C=O) groups excluding carboxylic acids is 2. The van der Waals surface area contributed by atoms with Gasteiger partial charge in [-0.3, -0.25) is 9.78 Å². The molecule has 0 radical (unpaired) electrons. The number of ether oxygens (including phenoxy) is 1. The standard InChI is InChI=1S/C20H19N3O4/c1-13-16(20(25)26-3)10-15(27-13)12-23(2)19(24)9-8-14-11-21-17-6-4-5-7-18(17)22-14/h4-11H,12H2,1-3H3/b9-8+. The number of likely N-dealkylation sites (N-methyl/N-ethyl adjacent to an activating group) is 1. The predicted molar refractivity (Wildman–Crippen MR) is 99.8 cm³/mol. The highest BCUT2D eigenvalue weighted by molar-refractivity contribution is 5.92. The molecule has 3 rings (SSSR count). The van der Waals surface area contributed by atoms with Crippen LogP contribution in [-0.2, 0) is 16.1 Å². The van der Waals surface area contributed by atoms with Crippen molar-refractivity contribution in [2.75, 3.05) is 14.2 Å². The molecule has 138 valence electrons. The molecule has 0 saturated carbocycles.